The van der Waals surface area contributed by atoms with Gasteiger partial charge in [0, 0.05) is 38.8 Å². The normalized spacial score (nSPS) is 14.6. The van der Waals surface area contributed by atoms with Crippen LogP contribution in [0.15, 0.2) is 12.5 Å². The molecule has 1 heterocycles. The smallest absolute Gasteiger partial charge is 0.305 e. The number of aromatic amines is 1. The van der Waals surface area contributed by atoms with Crippen molar-refractivity contribution < 1.29 is 141 Å². The maximum absolute atomic E-state index is 14.8. The van der Waals surface area contributed by atoms with Crippen LogP contribution in [0.3, 0.4) is 0 Å². The van der Waals surface area contributed by atoms with E-state index in [-0.39, 0.29) is 153 Å². The van der Waals surface area contributed by atoms with E-state index in [1.165, 1.54) is 12.5 Å². The Balaban J connectivity index is 3.92. The number of hydrogen-bond acceptors (Lipinski definition) is 29. The summed E-state index contributed by atoms with van der Waals surface area (Å²) in [6.45, 7) is 14.9. The highest BCUT2D eigenvalue weighted by Gasteiger charge is 2.41. The van der Waals surface area contributed by atoms with E-state index in [1.807, 2.05) is 0 Å². The number of carboxylic acid groups (broad SMARTS) is 6. The van der Waals surface area contributed by atoms with Gasteiger partial charge < -0.3 is 155 Å². The molecule has 142 heavy (non-hydrogen) atoms. The van der Waals surface area contributed by atoms with Crippen molar-refractivity contribution in [2.75, 3.05) is 32.7 Å². The Hall–Kier alpha value is -13.2. The Morgan fingerprint density at radius 1 is 0.261 bits per heavy atom. The van der Waals surface area contributed by atoms with Gasteiger partial charge in [-0.3, -0.25) is 110 Å². The fourth-order valence-corrected chi connectivity index (χ4v) is 14.5. The summed E-state index contributed by atoms with van der Waals surface area (Å²) in [5, 5.41) is 98.0. The Labute approximate surface area is 823 Å². The van der Waals surface area contributed by atoms with Crippen molar-refractivity contribution in [2.45, 2.75) is 345 Å². The molecule has 0 spiro atoms. The van der Waals surface area contributed by atoms with E-state index >= 15 is 0 Å². The molecule has 0 unspecified atom stereocenters. The third kappa shape index (κ3) is 53.4. The highest BCUT2D eigenvalue weighted by Crippen LogP contribution is 2.19. The minimum atomic E-state index is -2.19. The number of carbonyl (C=O) groups excluding carboxylic acids is 17. The lowest BCUT2D eigenvalue weighted by Crippen LogP contribution is -2.61. The standard InChI is InChI=1S/C89H152N24O29/c1-46(2)36-60(82(135)102-54(22-12-17-33-92)76(129)104-57(25-28-68(115)116)79(132)99-52(74(95)127)20-10-15-31-90)108-84(137)62(38-48(5)6)107-77(130)55(23-13-18-34-93)101-80(133)58(26-29-69(117)118)105-75(128)53(21-11-16-32-91)100-81(134)59(27-30-70(119)120)106-88(141)66(42-72(123)124)112-78(131)56(24-14-19-35-94)103-83(136)61(37-47(3)4)109-86(139)64(40-51-44-96-45-97-51)111-89(142)67(43-73(125)126)113-85(138)63(39-49(7)8)110-87(140)65(41-71(121)122)98-50(9)114/h44-49,52-67H,10-43,90-94H2,1-9H3,(H2,95,127)(H,96,97)(H,98,114)(H,99,132)(H,100,134)(H,101,133)(H,102,135)(H,103,136)(H,104,129)(H,105,128)(H,106,141)(H,107,130)(H,108,137)(H,109,139)(H,110,140)(H,111,142)(H,112,131)(H,113,138)(H,115,116)(H,117,118)(H,119,120)(H,121,122)(H,123,124)(H,125,126)/t52-,53-,54-,55-,56-,57-,58-,59-,60-,61-,62-,63-,64-,65-,66-,67-/m0/s1. The Kier molecular flexibility index (Phi) is 61.5. The highest BCUT2D eigenvalue weighted by atomic mass is 16.4. The maximum atomic E-state index is 14.8. The number of hydrogen-bond donors (Lipinski definition) is 29. The van der Waals surface area contributed by atoms with Crippen molar-refractivity contribution >= 4 is 136 Å². The predicted molar refractivity (Wildman–Crippen MR) is 508 cm³/mol. The van der Waals surface area contributed by atoms with Crippen molar-refractivity contribution in [1.29, 1.82) is 0 Å². The van der Waals surface area contributed by atoms with Crippen LogP contribution in [0, 0.1) is 23.7 Å². The van der Waals surface area contributed by atoms with Crippen LogP contribution in [0.5, 0.6) is 0 Å². The van der Waals surface area contributed by atoms with E-state index in [1.54, 1.807) is 55.4 Å². The zero-order chi connectivity index (χ0) is 108. The molecule has 35 N–H and O–H groups in total. The molecule has 0 radical (unpaired) electrons. The topological polar surface area (TPSA) is 891 Å². The Morgan fingerprint density at radius 2 is 0.451 bits per heavy atom. The van der Waals surface area contributed by atoms with Crippen LogP contribution in [0.2, 0.25) is 0 Å². The summed E-state index contributed by atoms with van der Waals surface area (Å²) in [6.07, 6.45) is -4.83. The summed E-state index contributed by atoms with van der Waals surface area (Å²) in [5.41, 5.74) is 34.5. The molecule has 0 saturated heterocycles. The second-order valence-corrected chi connectivity index (χ2v) is 36.4. The minimum absolute atomic E-state index is 0.00819. The SMILES string of the molecule is CC(=O)N[C@@H](CC(=O)O)C(=O)N[C@@H](CC(C)C)C(=O)N[C@@H](CC(=O)O)C(=O)N[C@@H](Cc1c[nH]cn1)C(=O)N[C@@H](CC(C)C)C(=O)N[C@@H](CCCCN)C(=O)N[C@@H](CC(=O)O)C(=O)N[C@@H](CCC(=O)O)C(=O)N[C@@H](CCCCN)C(=O)N[C@@H](CCC(=O)O)C(=O)N[C@@H](CCCCN)C(=O)N[C@@H](CC(C)C)C(=O)N[C@@H](CC(C)C)C(=O)N[C@@H](CCCCN)C(=O)N[C@@H](CCC(=O)O)C(=O)N[C@@H](CCCCN)C(N)=O. The number of H-pyrrole nitrogens is 1. The molecule has 1 rings (SSSR count). The van der Waals surface area contributed by atoms with E-state index in [9.17, 15) is 141 Å². The van der Waals surface area contributed by atoms with Gasteiger partial charge in [-0.1, -0.05) is 55.4 Å². The number of primary amides is 1. The summed E-state index contributed by atoms with van der Waals surface area (Å²) < 4.78 is 0. The summed E-state index contributed by atoms with van der Waals surface area (Å²) >= 11 is 0. The molecule has 1 aromatic rings. The largest absolute Gasteiger partial charge is 0.481 e. The molecule has 0 fully saturated rings. The van der Waals surface area contributed by atoms with Crippen molar-refractivity contribution in [3.63, 3.8) is 0 Å². The van der Waals surface area contributed by atoms with Crippen LogP contribution >= 0.6 is 0 Å². The van der Waals surface area contributed by atoms with E-state index in [2.05, 4.69) is 95.0 Å². The first-order valence-electron chi connectivity index (χ1n) is 47.7. The molecule has 0 bridgehead atoms. The molecule has 0 aliphatic rings. The number of rotatable bonds is 77. The number of aliphatic carboxylic acids is 6. The van der Waals surface area contributed by atoms with Gasteiger partial charge in [-0.05, 0) is 198 Å². The second kappa shape index (κ2) is 68.8. The molecule has 0 saturated carbocycles. The number of carbonyl (C=O) groups is 23. The lowest BCUT2D eigenvalue weighted by atomic mass is 9.98. The van der Waals surface area contributed by atoms with Gasteiger partial charge >= 0.3 is 35.8 Å². The number of aromatic nitrogens is 2. The average Bonchev–Trinajstić information content (AvgIpc) is 1.45. The zero-order valence-electron chi connectivity index (χ0n) is 82.2. The molecule has 1 aromatic heterocycles. The Morgan fingerprint density at radius 3 is 0.655 bits per heavy atom. The van der Waals surface area contributed by atoms with Crippen LogP contribution < -0.4 is 119 Å². The molecule has 53 heteroatoms. The highest BCUT2D eigenvalue weighted by molar-refractivity contribution is 6.02. The number of nitrogens with one attached hydrogen (secondary N) is 17. The fourth-order valence-electron chi connectivity index (χ4n) is 14.5. The van der Waals surface area contributed by atoms with Crippen LogP contribution in [-0.4, -0.2) is 306 Å². The predicted octanol–water partition coefficient (Wildman–Crippen LogP) is -5.94. The van der Waals surface area contributed by atoms with Gasteiger partial charge in [0.05, 0.1) is 31.3 Å². The van der Waals surface area contributed by atoms with Crippen LogP contribution in [0.1, 0.15) is 248 Å². The number of carboxylic acids is 6. The van der Waals surface area contributed by atoms with E-state index < -0.39 is 309 Å². The van der Waals surface area contributed by atoms with Gasteiger partial charge in [-0.2, -0.15) is 0 Å². The number of nitrogens with two attached hydrogens (primary N) is 6. The molecule has 16 atom stereocenters. The van der Waals surface area contributed by atoms with Crippen LogP contribution in [0.25, 0.3) is 0 Å². The van der Waals surface area contributed by atoms with Gasteiger partial charge in [0.25, 0.3) is 0 Å². The first-order valence-corrected chi connectivity index (χ1v) is 47.7. The summed E-state index contributed by atoms with van der Waals surface area (Å²) in [6, 6.07) is -27.1. The summed E-state index contributed by atoms with van der Waals surface area (Å²) in [7, 11) is 0. The number of imidazole rings is 1. The molecule has 0 aliphatic heterocycles. The lowest BCUT2D eigenvalue weighted by molar-refractivity contribution is -0.142. The van der Waals surface area contributed by atoms with Crippen molar-refractivity contribution in [2.24, 2.45) is 58.1 Å². The number of amides is 17. The minimum Gasteiger partial charge on any atom is -0.481 e. The third-order valence-corrected chi connectivity index (χ3v) is 21.8. The molecule has 53 nitrogen and oxygen atoms in total. The third-order valence-electron chi connectivity index (χ3n) is 21.8. The van der Waals surface area contributed by atoms with Crippen LogP contribution in [0.4, 0.5) is 0 Å². The Bertz CT molecular complexity index is 4300. The number of nitrogens with zero attached hydrogens (tertiary/aromatic N) is 1. The molecule has 0 aromatic carbocycles. The van der Waals surface area contributed by atoms with Gasteiger partial charge in [0.2, 0.25) is 100 Å². The van der Waals surface area contributed by atoms with E-state index in [4.69, 9.17) is 34.4 Å². The molecule has 802 valence electrons. The van der Waals surface area contributed by atoms with E-state index in [0.29, 0.717) is 19.3 Å². The first kappa shape index (κ1) is 127. The first-order chi connectivity index (χ1) is 66.8. The monoisotopic (exact) mass is 2020 g/mol. The molecular formula is C89H152N24O29. The molecule has 0 aliphatic carbocycles. The van der Waals surface area contributed by atoms with Crippen molar-refractivity contribution in [1.82, 2.24) is 95.0 Å². The van der Waals surface area contributed by atoms with Gasteiger partial charge in [-0.15, -0.1) is 0 Å². The lowest BCUT2D eigenvalue weighted by Gasteiger charge is -2.29. The molecular weight excluding hydrogens is 1870 g/mol. The molecule has 17 amide bonds. The number of unbranched alkanes of at least 4 members (excludes halogenated alkanes) is 5. The van der Waals surface area contributed by atoms with E-state index in [0.717, 1.165) is 6.92 Å². The summed E-state index contributed by atoms with van der Waals surface area (Å²) in [5.74, 6) is -29.6. The summed E-state index contributed by atoms with van der Waals surface area (Å²) in [4.78, 5) is 320. The quantitative estimate of drug-likeness (QED) is 0.0270. The van der Waals surface area contributed by atoms with Gasteiger partial charge in [-0.25, -0.2) is 4.98 Å². The fraction of sp³-hybridized carbons (Fsp3) is 0.708. The van der Waals surface area contributed by atoms with Gasteiger partial charge in [0.15, 0.2) is 0 Å². The van der Waals surface area contributed by atoms with Crippen molar-refractivity contribution in [3.8, 4) is 0 Å². The zero-order valence-corrected chi connectivity index (χ0v) is 82.2. The van der Waals surface area contributed by atoms with Crippen LogP contribution in [-0.2, 0) is 117 Å². The van der Waals surface area contributed by atoms with Crippen molar-refractivity contribution in [3.05, 3.63) is 18.2 Å². The maximum Gasteiger partial charge on any atom is 0.305 e. The van der Waals surface area contributed by atoms with Gasteiger partial charge in [0.1, 0.15) is 96.7 Å². The average molecular weight is 2020 g/mol. The second-order valence-electron chi connectivity index (χ2n) is 36.4.